The van der Waals surface area contributed by atoms with Gasteiger partial charge in [0.25, 0.3) is 5.91 Å². The van der Waals surface area contributed by atoms with Crippen LogP contribution in [0.15, 0.2) is 48.6 Å². The van der Waals surface area contributed by atoms with Gasteiger partial charge in [-0.15, -0.1) is 12.1 Å². The summed E-state index contributed by atoms with van der Waals surface area (Å²) < 4.78 is 1.83. The van der Waals surface area contributed by atoms with Gasteiger partial charge in [0.1, 0.15) is 7.85 Å². The molecular formula is C19H17BN4O. The fourth-order valence-electron chi connectivity index (χ4n) is 3.43. The SMILES string of the molecule is [B]C(=C)CN1Cc2c(cc(N)cc2-c2ccc3cnn(C)c3c2)C1=O. The first-order chi connectivity index (χ1) is 11.9. The fraction of sp³-hybridized carbons (Fsp3) is 0.158. The third-order valence-electron chi connectivity index (χ3n) is 4.59. The van der Waals surface area contributed by atoms with Gasteiger partial charge >= 0.3 is 0 Å². The van der Waals surface area contributed by atoms with E-state index in [1.807, 2.05) is 36.1 Å². The van der Waals surface area contributed by atoms with Crippen LogP contribution in [0.3, 0.4) is 0 Å². The number of nitrogen functional groups attached to an aromatic ring is 1. The molecule has 1 aliphatic heterocycles. The molecule has 0 unspecified atom stereocenters. The molecule has 1 aromatic heterocycles. The zero-order chi connectivity index (χ0) is 17.7. The Morgan fingerprint density at radius 1 is 1.32 bits per heavy atom. The van der Waals surface area contributed by atoms with Crippen LogP contribution in [0.25, 0.3) is 22.0 Å². The lowest BCUT2D eigenvalue weighted by Gasteiger charge is -2.15. The molecule has 0 fully saturated rings. The van der Waals surface area contributed by atoms with Crippen LogP contribution in [-0.4, -0.2) is 35.0 Å². The van der Waals surface area contributed by atoms with Crippen molar-refractivity contribution in [1.29, 1.82) is 0 Å². The molecule has 5 nitrogen and oxygen atoms in total. The van der Waals surface area contributed by atoms with Gasteiger partial charge in [-0.3, -0.25) is 9.48 Å². The standard InChI is InChI=1S/C19H17BN4O/c1-11(20)9-24-10-17-15(6-14(21)7-16(17)19(24)25)12-3-4-13-8-22-23(2)18(13)5-12/h3-8H,1,9-10,21H2,2H3. The topological polar surface area (TPSA) is 64.2 Å². The summed E-state index contributed by atoms with van der Waals surface area (Å²) in [5.41, 5.74) is 11.7. The number of aryl methyl sites for hydroxylation is 1. The first-order valence-electron chi connectivity index (χ1n) is 8.01. The van der Waals surface area contributed by atoms with Crippen LogP contribution < -0.4 is 5.73 Å². The predicted molar refractivity (Wildman–Crippen MR) is 100 cm³/mol. The number of carbonyl (C=O) groups excluding carboxylic acids is 1. The Kier molecular flexibility index (Phi) is 3.42. The average Bonchev–Trinajstić information content (AvgIpc) is 3.08. The number of amides is 1. The highest BCUT2D eigenvalue weighted by molar-refractivity contribution is 6.21. The number of rotatable bonds is 3. The molecule has 1 amide bonds. The average molecular weight is 328 g/mol. The molecule has 0 spiro atoms. The van der Waals surface area contributed by atoms with Crippen LogP contribution in [0.2, 0.25) is 0 Å². The van der Waals surface area contributed by atoms with Gasteiger partial charge in [-0.05, 0) is 34.9 Å². The molecule has 4 rings (SSSR count). The van der Waals surface area contributed by atoms with Gasteiger partial charge in [0, 0.05) is 36.8 Å². The Bertz CT molecular complexity index is 1040. The summed E-state index contributed by atoms with van der Waals surface area (Å²) in [5, 5.41) is 5.36. The van der Waals surface area contributed by atoms with Crippen molar-refractivity contribution in [3.8, 4) is 11.1 Å². The molecule has 0 aliphatic carbocycles. The van der Waals surface area contributed by atoms with E-state index in [0.29, 0.717) is 29.8 Å². The highest BCUT2D eigenvalue weighted by atomic mass is 16.2. The van der Waals surface area contributed by atoms with Crippen molar-refractivity contribution in [3.05, 3.63) is 59.7 Å². The number of carbonyl (C=O) groups is 1. The van der Waals surface area contributed by atoms with Crippen LogP contribution in [0.4, 0.5) is 5.69 Å². The number of benzene rings is 2. The molecule has 2 radical (unpaired) electrons. The molecule has 0 saturated carbocycles. The minimum atomic E-state index is -0.0586. The number of anilines is 1. The van der Waals surface area contributed by atoms with Gasteiger partial charge < -0.3 is 10.6 Å². The van der Waals surface area contributed by atoms with Crippen LogP contribution in [0.5, 0.6) is 0 Å². The Balaban J connectivity index is 1.86. The molecular weight excluding hydrogens is 311 g/mol. The van der Waals surface area contributed by atoms with Gasteiger partial charge in [-0.25, -0.2) is 0 Å². The summed E-state index contributed by atoms with van der Waals surface area (Å²) in [5.74, 6) is -0.0586. The lowest BCUT2D eigenvalue weighted by atomic mass is 9.95. The summed E-state index contributed by atoms with van der Waals surface area (Å²) >= 11 is 0. The Morgan fingerprint density at radius 2 is 2.08 bits per heavy atom. The van der Waals surface area contributed by atoms with Crippen LogP contribution in [0, 0.1) is 0 Å². The lowest BCUT2D eigenvalue weighted by molar-refractivity contribution is 0.0795. The minimum Gasteiger partial charge on any atom is -0.399 e. The molecule has 25 heavy (non-hydrogen) atoms. The normalized spacial score (nSPS) is 13.5. The van der Waals surface area contributed by atoms with E-state index in [-0.39, 0.29) is 5.91 Å². The first kappa shape index (κ1) is 15.5. The van der Waals surface area contributed by atoms with Crippen molar-refractivity contribution in [1.82, 2.24) is 14.7 Å². The molecule has 3 aromatic rings. The smallest absolute Gasteiger partial charge is 0.254 e. The third kappa shape index (κ3) is 2.50. The quantitative estimate of drug-likeness (QED) is 0.593. The number of hydrogen-bond acceptors (Lipinski definition) is 3. The summed E-state index contributed by atoms with van der Waals surface area (Å²) in [6, 6.07) is 9.80. The van der Waals surface area contributed by atoms with Gasteiger partial charge in [-0.1, -0.05) is 12.1 Å². The van der Waals surface area contributed by atoms with Crippen LogP contribution in [0.1, 0.15) is 15.9 Å². The second-order valence-corrected chi connectivity index (χ2v) is 6.46. The number of hydrogen-bond donors (Lipinski definition) is 1. The molecule has 1 aliphatic rings. The molecule has 2 heterocycles. The summed E-state index contributed by atoms with van der Waals surface area (Å²) in [4.78, 5) is 14.3. The van der Waals surface area contributed by atoms with Crippen molar-refractivity contribution in [3.63, 3.8) is 0 Å². The van der Waals surface area contributed by atoms with Crippen molar-refractivity contribution >= 4 is 30.3 Å². The molecule has 2 aromatic carbocycles. The first-order valence-corrected chi connectivity index (χ1v) is 8.01. The minimum absolute atomic E-state index is 0.0586. The largest absolute Gasteiger partial charge is 0.399 e. The maximum absolute atomic E-state index is 12.7. The number of fused-ring (bicyclic) bond motifs is 2. The van der Waals surface area contributed by atoms with Gasteiger partial charge in [0.15, 0.2) is 0 Å². The van der Waals surface area contributed by atoms with Crippen LogP contribution >= 0.6 is 0 Å². The molecule has 2 N–H and O–H groups in total. The van der Waals surface area contributed by atoms with Gasteiger partial charge in [-0.2, -0.15) is 5.10 Å². The Labute approximate surface area is 147 Å². The summed E-state index contributed by atoms with van der Waals surface area (Å²) in [6.07, 6.45) is 1.83. The molecule has 0 saturated heterocycles. The highest BCUT2D eigenvalue weighted by Gasteiger charge is 2.30. The van der Waals surface area contributed by atoms with E-state index >= 15 is 0 Å². The van der Waals surface area contributed by atoms with Crippen LogP contribution in [-0.2, 0) is 13.6 Å². The zero-order valence-electron chi connectivity index (χ0n) is 14.0. The maximum atomic E-state index is 12.7. The van der Waals surface area contributed by atoms with Crippen molar-refractivity contribution < 1.29 is 4.79 Å². The van der Waals surface area contributed by atoms with E-state index in [0.717, 1.165) is 27.6 Å². The van der Waals surface area contributed by atoms with E-state index in [1.165, 1.54) is 0 Å². The predicted octanol–water partition coefficient (Wildman–Crippen LogP) is 2.46. The van der Waals surface area contributed by atoms with E-state index in [2.05, 4.69) is 17.7 Å². The second kappa shape index (κ2) is 5.51. The van der Waals surface area contributed by atoms with Crippen molar-refractivity contribution in [2.24, 2.45) is 7.05 Å². The Hall–Kier alpha value is -3.02. The number of nitrogens with two attached hydrogens (primary N) is 1. The second-order valence-electron chi connectivity index (χ2n) is 6.46. The molecule has 6 heteroatoms. The lowest BCUT2D eigenvalue weighted by Crippen LogP contribution is -2.26. The summed E-state index contributed by atoms with van der Waals surface area (Å²) in [7, 11) is 7.60. The molecule has 122 valence electrons. The number of aromatic nitrogens is 2. The molecule has 0 atom stereocenters. The highest BCUT2D eigenvalue weighted by Crippen LogP contribution is 2.36. The third-order valence-corrected chi connectivity index (χ3v) is 4.59. The van der Waals surface area contributed by atoms with Crippen molar-refractivity contribution in [2.45, 2.75) is 6.54 Å². The van der Waals surface area contributed by atoms with Gasteiger partial charge in [0.05, 0.1) is 11.7 Å². The monoisotopic (exact) mass is 328 g/mol. The molecule has 0 bridgehead atoms. The zero-order valence-corrected chi connectivity index (χ0v) is 14.0. The van der Waals surface area contributed by atoms with E-state index in [4.69, 9.17) is 13.6 Å². The van der Waals surface area contributed by atoms with E-state index < -0.39 is 0 Å². The van der Waals surface area contributed by atoms with E-state index in [1.54, 1.807) is 11.0 Å². The Morgan fingerprint density at radius 3 is 2.84 bits per heavy atom. The number of nitrogens with zero attached hydrogens (tertiary/aromatic N) is 3. The van der Waals surface area contributed by atoms with Crippen molar-refractivity contribution in [2.75, 3.05) is 12.3 Å². The fourth-order valence-corrected chi connectivity index (χ4v) is 3.43. The van der Waals surface area contributed by atoms with E-state index in [9.17, 15) is 4.79 Å². The summed E-state index contributed by atoms with van der Waals surface area (Å²) in [6.45, 7) is 4.55. The maximum Gasteiger partial charge on any atom is 0.254 e. The van der Waals surface area contributed by atoms with Gasteiger partial charge in [0.2, 0.25) is 0 Å².